The molecule has 0 saturated heterocycles. The number of benzene rings is 1. The zero-order valence-corrected chi connectivity index (χ0v) is 11.5. The normalized spacial score (nSPS) is 8.86. The Balaban J connectivity index is 2.60. The van der Waals surface area contributed by atoms with E-state index in [0.29, 0.717) is 11.1 Å². The Kier molecular flexibility index (Phi) is 5.88. The van der Waals surface area contributed by atoms with Crippen molar-refractivity contribution in [1.82, 2.24) is 15.0 Å². The molecule has 0 aliphatic rings. The molecule has 1 aromatic heterocycles. The van der Waals surface area contributed by atoms with Gasteiger partial charge < -0.3 is 8.83 Å². The van der Waals surface area contributed by atoms with Gasteiger partial charge in [-0.3, -0.25) is 0 Å². The molecule has 1 heterocycles. The standard InChI is InChI=1S/C16H12N4O2/c17-11-14-12-21-9-3-4-10-22-16-6-2-1-5-15(16)20-13-18-7-8-19-14/h1-10,12-13H. The van der Waals surface area contributed by atoms with E-state index in [4.69, 9.17) is 14.1 Å². The van der Waals surface area contributed by atoms with Gasteiger partial charge in [0.2, 0.25) is 0 Å². The largest absolute Gasteiger partial charge is 0.470 e. The molecule has 0 N–H and O–H groups in total. The van der Waals surface area contributed by atoms with Gasteiger partial charge in [-0.2, -0.15) is 5.26 Å². The Labute approximate surface area is 126 Å². The van der Waals surface area contributed by atoms with Crippen molar-refractivity contribution in [3.63, 3.8) is 0 Å². The van der Waals surface area contributed by atoms with Gasteiger partial charge in [0.15, 0.2) is 11.3 Å². The summed E-state index contributed by atoms with van der Waals surface area (Å²) >= 11 is 0. The number of aromatic nitrogens is 3. The molecule has 0 bridgehead atoms. The highest BCUT2D eigenvalue weighted by Gasteiger charge is 1.87. The molecule has 6 heteroatoms. The van der Waals surface area contributed by atoms with Crippen LogP contribution in [0.15, 0.2) is 82.7 Å². The highest BCUT2D eigenvalue weighted by atomic mass is 16.3. The van der Waals surface area contributed by atoms with E-state index in [0.717, 1.165) is 0 Å². The molecule has 0 atom stereocenters. The van der Waals surface area contributed by atoms with Crippen LogP contribution in [-0.4, -0.2) is 15.0 Å². The first kappa shape index (κ1) is 14.9. The van der Waals surface area contributed by atoms with Crippen LogP contribution in [0.3, 0.4) is 0 Å². The molecule has 0 aliphatic carbocycles. The lowest BCUT2D eigenvalue weighted by Gasteiger charge is -1.88. The van der Waals surface area contributed by atoms with Gasteiger partial charge in [-0.05, 0) is 24.3 Å². The summed E-state index contributed by atoms with van der Waals surface area (Å²) in [6.45, 7) is 0. The van der Waals surface area contributed by atoms with Gasteiger partial charge in [-0.15, -0.1) is 0 Å². The zero-order valence-electron chi connectivity index (χ0n) is 11.5. The molecule has 108 valence electrons. The lowest BCUT2D eigenvalue weighted by atomic mass is 10.3. The van der Waals surface area contributed by atoms with Crippen LogP contribution in [0.5, 0.6) is 0 Å². The minimum atomic E-state index is 0.116. The average Bonchev–Trinajstić information content (AvgIpc) is 2.55. The van der Waals surface area contributed by atoms with Gasteiger partial charge in [-0.1, -0.05) is 12.1 Å². The maximum Gasteiger partial charge on any atom is 0.175 e. The molecule has 1 aromatic carbocycles. The van der Waals surface area contributed by atoms with Crippen LogP contribution in [0, 0.1) is 11.3 Å². The maximum atomic E-state index is 8.85. The molecule has 0 amide bonds. The summed E-state index contributed by atoms with van der Waals surface area (Å²) in [5, 5.41) is 8.85. The van der Waals surface area contributed by atoms with Crippen molar-refractivity contribution in [3.05, 3.63) is 79.6 Å². The van der Waals surface area contributed by atoms with Crippen molar-refractivity contribution in [2.45, 2.75) is 0 Å². The van der Waals surface area contributed by atoms with Gasteiger partial charge in [0.25, 0.3) is 0 Å². The fourth-order valence-electron chi connectivity index (χ4n) is 1.39. The van der Waals surface area contributed by atoms with Crippen molar-refractivity contribution in [2.24, 2.45) is 0 Å². The molecule has 0 saturated carbocycles. The molecule has 6 nitrogen and oxygen atoms in total. The van der Waals surface area contributed by atoms with Crippen LogP contribution in [-0.2, 0) is 0 Å². The zero-order chi connectivity index (χ0) is 15.5. The molecule has 0 fully saturated rings. The van der Waals surface area contributed by atoms with Gasteiger partial charge in [0, 0.05) is 12.4 Å². The summed E-state index contributed by atoms with van der Waals surface area (Å²) in [6.07, 6.45) is 8.29. The fourth-order valence-corrected chi connectivity index (χ4v) is 1.39. The summed E-state index contributed by atoms with van der Waals surface area (Å²) in [4.78, 5) is 12.0. The quantitative estimate of drug-likeness (QED) is 0.738. The summed E-state index contributed by atoms with van der Waals surface area (Å²) in [7, 11) is 0. The third kappa shape index (κ3) is 4.90. The van der Waals surface area contributed by atoms with Crippen molar-refractivity contribution in [3.8, 4) is 6.07 Å². The van der Waals surface area contributed by atoms with Crippen LogP contribution >= 0.6 is 0 Å². The second-order valence-electron chi connectivity index (χ2n) is 3.81. The van der Waals surface area contributed by atoms with Crippen LogP contribution in [0.4, 0.5) is 0 Å². The van der Waals surface area contributed by atoms with Crippen LogP contribution in [0.25, 0.3) is 11.1 Å². The van der Waals surface area contributed by atoms with Crippen LogP contribution in [0.2, 0.25) is 0 Å². The van der Waals surface area contributed by atoms with E-state index < -0.39 is 0 Å². The van der Waals surface area contributed by atoms with E-state index in [1.165, 1.54) is 37.5 Å². The van der Waals surface area contributed by atoms with Gasteiger partial charge in [0.1, 0.15) is 24.2 Å². The van der Waals surface area contributed by atoms with E-state index in [9.17, 15) is 0 Å². The summed E-state index contributed by atoms with van der Waals surface area (Å²) in [6, 6.07) is 12.5. The first-order chi connectivity index (χ1) is 10.9. The molecular weight excluding hydrogens is 280 g/mol. The van der Waals surface area contributed by atoms with E-state index in [1.54, 1.807) is 18.2 Å². The van der Waals surface area contributed by atoms with Crippen LogP contribution in [0.1, 0.15) is 5.69 Å². The first-order valence-corrected chi connectivity index (χ1v) is 6.31. The summed E-state index contributed by atoms with van der Waals surface area (Å²) < 4.78 is 10.5. The molecular formula is C16H12N4O2. The fraction of sp³-hybridized carbons (Fsp3) is 0. The van der Waals surface area contributed by atoms with E-state index in [2.05, 4.69) is 15.0 Å². The minimum Gasteiger partial charge on any atom is -0.470 e. The molecule has 0 aliphatic heterocycles. The van der Waals surface area contributed by atoms with Crippen molar-refractivity contribution >= 4 is 11.1 Å². The van der Waals surface area contributed by atoms with Gasteiger partial charge >= 0.3 is 0 Å². The number of nitriles is 1. The number of fused-ring (bicyclic) bond motifs is 1. The Bertz CT molecular complexity index is 832. The second-order valence-corrected chi connectivity index (χ2v) is 3.81. The highest BCUT2D eigenvalue weighted by Crippen LogP contribution is 2.05. The van der Waals surface area contributed by atoms with Crippen molar-refractivity contribution in [2.75, 3.05) is 0 Å². The van der Waals surface area contributed by atoms with Gasteiger partial charge in [0.05, 0.1) is 12.5 Å². The second kappa shape index (κ2) is 8.66. The molecule has 0 spiro atoms. The minimum absolute atomic E-state index is 0.116. The number of hydrogen-bond donors (Lipinski definition) is 0. The maximum absolute atomic E-state index is 8.85. The molecule has 2 rings (SSSR count). The van der Waals surface area contributed by atoms with E-state index >= 15 is 0 Å². The SMILES string of the molecule is N#Cc1coccccoc2ccccc2ncnccn1. The molecule has 22 heavy (non-hydrogen) atoms. The monoisotopic (exact) mass is 292 g/mol. The highest BCUT2D eigenvalue weighted by molar-refractivity contribution is 5.70. The predicted molar refractivity (Wildman–Crippen MR) is 79.5 cm³/mol. The topological polar surface area (TPSA) is 88.7 Å². The van der Waals surface area contributed by atoms with Crippen LogP contribution < -0.4 is 0 Å². The Hall–Kier alpha value is -3.46. The first-order valence-electron chi connectivity index (χ1n) is 6.31. The number of nitrogens with zero attached hydrogens (tertiary/aromatic N) is 4. The molecule has 0 radical (unpaired) electrons. The van der Waals surface area contributed by atoms with Crippen molar-refractivity contribution in [1.29, 1.82) is 5.26 Å². The third-order valence-electron chi connectivity index (χ3n) is 2.33. The number of para-hydroxylation sites is 2. The van der Waals surface area contributed by atoms with E-state index in [-0.39, 0.29) is 5.69 Å². The Morgan fingerprint density at radius 3 is 2.73 bits per heavy atom. The predicted octanol–water partition coefficient (Wildman–Crippen LogP) is 3.46. The molecule has 0 unspecified atom stereocenters. The van der Waals surface area contributed by atoms with E-state index in [1.807, 2.05) is 24.3 Å². The third-order valence-corrected chi connectivity index (χ3v) is 2.33. The lowest BCUT2D eigenvalue weighted by Crippen LogP contribution is -1.74. The smallest absolute Gasteiger partial charge is 0.175 e. The average molecular weight is 292 g/mol. The Morgan fingerprint density at radius 2 is 1.82 bits per heavy atom. The molecule has 2 aromatic rings. The van der Waals surface area contributed by atoms with Gasteiger partial charge in [-0.25, -0.2) is 15.0 Å². The summed E-state index contributed by atoms with van der Waals surface area (Å²) in [5.41, 5.74) is 1.36. The number of rotatable bonds is 0. The lowest BCUT2D eigenvalue weighted by molar-refractivity contribution is 0.549. The number of hydrogen-bond acceptors (Lipinski definition) is 6. The van der Waals surface area contributed by atoms with Crippen molar-refractivity contribution < 1.29 is 8.83 Å². The summed E-state index contributed by atoms with van der Waals surface area (Å²) in [5.74, 6) is 0. The Morgan fingerprint density at radius 1 is 0.955 bits per heavy atom.